The molecule has 2 N–H and O–H groups in total. The first kappa shape index (κ1) is 19.7. The van der Waals surface area contributed by atoms with Crippen molar-refractivity contribution >= 4 is 0 Å². The minimum Gasteiger partial charge on any atom is -0.291 e. The Morgan fingerprint density at radius 2 is 1.26 bits per heavy atom. The Balaban J connectivity index is 1.50. The fourth-order valence-electron chi connectivity index (χ4n) is 3.87. The number of nitrogens with one attached hydrogen (secondary N) is 2. The summed E-state index contributed by atoms with van der Waals surface area (Å²) in [6.45, 7) is 8.94. The summed E-state index contributed by atoms with van der Waals surface area (Å²) < 4.78 is 3.53. The van der Waals surface area contributed by atoms with Crippen molar-refractivity contribution in [1.82, 2.24) is 35.2 Å². The molecule has 0 radical (unpaired) electrons. The van der Waals surface area contributed by atoms with Gasteiger partial charge in [0.1, 0.15) is 0 Å². The van der Waals surface area contributed by atoms with Crippen LogP contribution in [0.2, 0.25) is 0 Å². The van der Waals surface area contributed by atoms with Crippen LogP contribution in [0.25, 0.3) is 22.8 Å². The molecule has 1 fully saturated rings. The summed E-state index contributed by atoms with van der Waals surface area (Å²) in [5.41, 5.74) is 3.39. The zero-order valence-corrected chi connectivity index (χ0v) is 18.2. The molecule has 3 aromatic heterocycles. The van der Waals surface area contributed by atoms with Gasteiger partial charge in [-0.15, -0.1) is 0 Å². The largest absolute Gasteiger partial charge is 0.291 e. The first-order valence-corrected chi connectivity index (χ1v) is 10.5. The predicted octanol–water partition coefficient (Wildman–Crippen LogP) is 3.87. The Morgan fingerprint density at radius 3 is 1.71 bits per heavy atom. The Hall–Kier alpha value is -3.29. The van der Waals surface area contributed by atoms with Crippen LogP contribution >= 0.6 is 0 Å². The molecule has 0 unspecified atom stereocenters. The maximum absolute atomic E-state index is 4.74. The lowest BCUT2D eigenvalue weighted by Gasteiger charge is -2.33. The van der Waals surface area contributed by atoms with Crippen molar-refractivity contribution in [3.05, 3.63) is 78.9 Å². The summed E-state index contributed by atoms with van der Waals surface area (Å²) in [6, 6.07) is 16.6. The molecule has 0 bridgehead atoms. The van der Waals surface area contributed by atoms with Crippen LogP contribution in [0, 0.1) is 0 Å². The maximum atomic E-state index is 4.74. The molecule has 0 amide bonds. The van der Waals surface area contributed by atoms with Crippen LogP contribution in [0.1, 0.15) is 39.4 Å². The predicted molar refractivity (Wildman–Crippen MR) is 121 cm³/mol. The van der Waals surface area contributed by atoms with E-state index in [-0.39, 0.29) is 17.2 Å². The van der Waals surface area contributed by atoms with E-state index in [9.17, 15) is 0 Å². The van der Waals surface area contributed by atoms with E-state index in [4.69, 9.17) is 4.98 Å². The molecule has 1 aromatic carbocycles. The van der Waals surface area contributed by atoms with Crippen LogP contribution in [-0.2, 0) is 0 Å². The summed E-state index contributed by atoms with van der Waals surface area (Å²) in [5.74, 6) is 1.50. The van der Waals surface area contributed by atoms with Crippen molar-refractivity contribution in [3.63, 3.8) is 0 Å². The Kier molecular flexibility index (Phi) is 4.53. The lowest BCUT2D eigenvalue weighted by molar-refractivity contribution is 0.295. The van der Waals surface area contributed by atoms with Gasteiger partial charge in [-0.25, -0.2) is 14.3 Å². The lowest BCUT2D eigenvalue weighted by Crippen LogP contribution is -2.51. The SMILES string of the molecule is CC1(C)NC(c2ccc(-c3cc(-n4cccn4)nc(-n4cccn4)c3)cc2)NC1(C)C. The van der Waals surface area contributed by atoms with E-state index in [1.165, 1.54) is 5.56 Å². The van der Waals surface area contributed by atoms with Crippen LogP contribution in [0.3, 0.4) is 0 Å². The van der Waals surface area contributed by atoms with E-state index < -0.39 is 0 Å². The Bertz CT molecular complexity index is 1100. The molecule has 7 nitrogen and oxygen atoms in total. The summed E-state index contributed by atoms with van der Waals surface area (Å²) in [6.07, 6.45) is 7.41. The third kappa shape index (κ3) is 3.56. The van der Waals surface area contributed by atoms with Crippen molar-refractivity contribution in [2.24, 2.45) is 0 Å². The molecule has 1 aliphatic heterocycles. The number of pyridine rings is 1. The molecular weight excluding hydrogens is 386 g/mol. The molecule has 5 rings (SSSR count). The van der Waals surface area contributed by atoms with Crippen LogP contribution in [0.5, 0.6) is 0 Å². The van der Waals surface area contributed by atoms with Gasteiger partial charge < -0.3 is 0 Å². The molecule has 31 heavy (non-hydrogen) atoms. The highest BCUT2D eigenvalue weighted by atomic mass is 15.3. The van der Waals surface area contributed by atoms with E-state index in [0.29, 0.717) is 0 Å². The Morgan fingerprint density at radius 1 is 0.742 bits per heavy atom. The number of benzene rings is 1. The van der Waals surface area contributed by atoms with Crippen molar-refractivity contribution in [2.45, 2.75) is 44.9 Å². The third-order valence-corrected chi connectivity index (χ3v) is 6.43. The molecule has 0 aliphatic carbocycles. The molecule has 7 heteroatoms. The molecular formula is C24H27N7. The van der Waals surface area contributed by atoms with Gasteiger partial charge in [-0.05, 0) is 68.7 Å². The Labute approximate surface area is 182 Å². The minimum absolute atomic E-state index is 0.00122. The topological polar surface area (TPSA) is 72.6 Å². The standard InChI is InChI=1S/C24H27N7/c1-23(2)24(3,4)29-22(28-23)18-9-7-17(8-10-18)19-15-20(30-13-5-11-25-30)27-21(16-19)31-14-6-12-26-31/h5-16,22,28-29H,1-4H3. The van der Waals surface area contributed by atoms with Gasteiger partial charge in [0, 0.05) is 35.9 Å². The number of aromatic nitrogens is 5. The van der Waals surface area contributed by atoms with Crippen molar-refractivity contribution in [1.29, 1.82) is 0 Å². The average molecular weight is 414 g/mol. The van der Waals surface area contributed by atoms with Gasteiger partial charge in [0.25, 0.3) is 0 Å². The molecule has 4 heterocycles. The van der Waals surface area contributed by atoms with Crippen LogP contribution in [0.15, 0.2) is 73.3 Å². The van der Waals surface area contributed by atoms with Crippen molar-refractivity contribution in [3.8, 4) is 22.8 Å². The zero-order valence-electron chi connectivity index (χ0n) is 18.2. The van der Waals surface area contributed by atoms with Crippen LogP contribution < -0.4 is 10.6 Å². The van der Waals surface area contributed by atoms with Gasteiger partial charge in [-0.3, -0.25) is 10.6 Å². The van der Waals surface area contributed by atoms with E-state index >= 15 is 0 Å². The normalized spacial score (nSPS) is 17.8. The zero-order chi connectivity index (χ0) is 21.6. The molecule has 0 spiro atoms. The van der Waals surface area contributed by atoms with Gasteiger partial charge in [0.2, 0.25) is 0 Å². The number of nitrogens with zero attached hydrogens (tertiary/aromatic N) is 5. The second-order valence-corrected chi connectivity index (χ2v) is 9.07. The number of hydrogen-bond donors (Lipinski definition) is 2. The number of hydrogen-bond acceptors (Lipinski definition) is 5. The third-order valence-electron chi connectivity index (χ3n) is 6.43. The molecule has 0 saturated carbocycles. The average Bonchev–Trinajstić information content (AvgIpc) is 3.49. The molecule has 1 aliphatic rings. The second kappa shape index (κ2) is 7.14. The monoisotopic (exact) mass is 413 g/mol. The molecule has 158 valence electrons. The summed E-state index contributed by atoms with van der Waals surface area (Å²) >= 11 is 0. The second-order valence-electron chi connectivity index (χ2n) is 9.07. The van der Waals surface area contributed by atoms with E-state index in [1.54, 1.807) is 21.8 Å². The summed E-state index contributed by atoms with van der Waals surface area (Å²) in [5, 5.41) is 16.1. The fraction of sp³-hybridized carbons (Fsp3) is 0.292. The first-order chi connectivity index (χ1) is 14.8. The van der Waals surface area contributed by atoms with Crippen molar-refractivity contribution < 1.29 is 0 Å². The van der Waals surface area contributed by atoms with Crippen molar-refractivity contribution in [2.75, 3.05) is 0 Å². The quantitative estimate of drug-likeness (QED) is 0.531. The first-order valence-electron chi connectivity index (χ1n) is 10.5. The fourth-order valence-corrected chi connectivity index (χ4v) is 3.87. The highest BCUT2D eigenvalue weighted by molar-refractivity contribution is 5.67. The van der Waals surface area contributed by atoms with Gasteiger partial charge in [0.15, 0.2) is 11.6 Å². The summed E-state index contributed by atoms with van der Waals surface area (Å²) in [7, 11) is 0. The highest BCUT2D eigenvalue weighted by Gasteiger charge is 2.45. The van der Waals surface area contributed by atoms with Gasteiger partial charge in [-0.2, -0.15) is 10.2 Å². The minimum atomic E-state index is -0.00122. The van der Waals surface area contributed by atoms with Crippen LogP contribution in [-0.4, -0.2) is 35.6 Å². The van der Waals surface area contributed by atoms with Crippen LogP contribution in [0.4, 0.5) is 0 Å². The van der Waals surface area contributed by atoms with E-state index in [2.05, 4.69) is 72.8 Å². The van der Waals surface area contributed by atoms with Gasteiger partial charge >= 0.3 is 0 Å². The molecule has 4 aromatic rings. The highest BCUT2D eigenvalue weighted by Crippen LogP contribution is 2.34. The van der Waals surface area contributed by atoms with Gasteiger partial charge in [0.05, 0.1) is 6.17 Å². The smallest absolute Gasteiger partial charge is 0.156 e. The summed E-state index contributed by atoms with van der Waals surface area (Å²) in [4.78, 5) is 4.74. The molecule has 0 atom stereocenters. The maximum Gasteiger partial charge on any atom is 0.156 e. The van der Waals surface area contributed by atoms with Gasteiger partial charge in [-0.1, -0.05) is 24.3 Å². The van der Waals surface area contributed by atoms with E-state index in [1.807, 2.05) is 36.7 Å². The van der Waals surface area contributed by atoms with E-state index in [0.717, 1.165) is 22.8 Å². The molecule has 1 saturated heterocycles. The lowest BCUT2D eigenvalue weighted by atomic mass is 9.85. The number of rotatable bonds is 4.